The molecular weight excluding hydrogens is 308 g/mol. The molecule has 1 fully saturated rings. The molecule has 2 heterocycles. The lowest BCUT2D eigenvalue weighted by atomic mass is 10.2. The first-order valence-electron chi connectivity index (χ1n) is 8.25. The summed E-state index contributed by atoms with van der Waals surface area (Å²) in [6.07, 6.45) is 6.01. The fourth-order valence-electron chi connectivity index (χ4n) is 3.29. The van der Waals surface area contributed by atoms with Crippen LogP contribution in [0, 0.1) is 17.0 Å². The number of imidazole rings is 1. The van der Waals surface area contributed by atoms with E-state index in [-0.39, 0.29) is 5.69 Å². The van der Waals surface area contributed by atoms with Crippen LogP contribution >= 0.6 is 0 Å². The summed E-state index contributed by atoms with van der Waals surface area (Å²) < 4.78 is 7.63. The lowest BCUT2D eigenvalue weighted by Crippen LogP contribution is -2.33. The van der Waals surface area contributed by atoms with Crippen molar-refractivity contribution in [2.24, 2.45) is 0 Å². The zero-order valence-corrected chi connectivity index (χ0v) is 14.0. The van der Waals surface area contributed by atoms with Crippen LogP contribution < -0.4 is 9.64 Å². The summed E-state index contributed by atoms with van der Waals surface area (Å²) in [6, 6.07) is 5.51. The number of nitro benzene ring substituents is 1. The third-order valence-electron chi connectivity index (χ3n) is 4.48. The summed E-state index contributed by atoms with van der Waals surface area (Å²) >= 11 is 0. The molecule has 0 N–H and O–H groups in total. The Labute approximate surface area is 141 Å². The Bertz CT molecular complexity index is 728. The van der Waals surface area contributed by atoms with Crippen molar-refractivity contribution in [3.05, 3.63) is 46.5 Å². The predicted molar refractivity (Wildman–Crippen MR) is 91.6 cm³/mol. The van der Waals surface area contributed by atoms with Crippen LogP contribution in [-0.4, -0.2) is 33.7 Å². The van der Waals surface area contributed by atoms with Crippen molar-refractivity contribution >= 4 is 11.4 Å². The zero-order chi connectivity index (χ0) is 17.1. The molecule has 0 saturated carbocycles. The van der Waals surface area contributed by atoms with Crippen molar-refractivity contribution in [2.45, 2.75) is 39.3 Å². The molecule has 3 rings (SSSR count). The number of ether oxygens (including phenoxy) is 1. The maximum Gasteiger partial charge on any atom is 0.311 e. The van der Waals surface area contributed by atoms with Gasteiger partial charge in [0.15, 0.2) is 5.75 Å². The first kappa shape index (κ1) is 16.3. The second-order valence-corrected chi connectivity index (χ2v) is 5.96. The molecule has 1 aromatic heterocycles. The van der Waals surface area contributed by atoms with Crippen molar-refractivity contribution in [1.82, 2.24) is 9.55 Å². The molecule has 0 bridgehead atoms. The number of benzene rings is 1. The minimum Gasteiger partial charge on any atom is -0.487 e. The van der Waals surface area contributed by atoms with Crippen molar-refractivity contribution in [1.29, 1.82) is 0 Å². The Hall–Kier alpha value is -2.57. The number of aromatic nitrogens is 2. The molecule has 2 aromatic rings. The van der Waals surface area contributed by atoms with Crippen LogP contribution in [0.3, 0.4) is 0 Å². The van der Waals surface area contributed by atoms with Crippen LogP contribution in [0.4, 0.5) is 11.4 Å². The van der Waals surface area contributed by atoms with E-state index in [1.165, 1.54) is 6.07 Å². The Morgan fingerprint density at radius 1 is 1.46 bits per heavy atom. The molecule has 7 heteroatoms. The summed E-state index contributed by atoms with van der Waals surface area (Å²) in [5, 5.41) is 11.1. The molecule has 1 aromatic carbocycles. The van der Waals surface area contributed by atoms with E-state index in [9.17, 15) is 10.1 Å². The van der Waals surface area contributed by atoms with Crippen LogP contribution in [0.25, 0.3) is 0 Å². The second-order valence-electron chi connectivity index (χ2n) is 5.96. The Morgan fingerprint density at radius 3 is 2.96 bits per heavy atom. The van der Waals surface area contributed by atoms with Crippen LogP contribution in [0.5, 0.6) is 5.75 Å². The molecule has 1 atom stereocenters. The van der Waals surface area contributed by atoms with Gasteiger partial charge in [-0.25, -0.2) is 4.98 Å². The number of rotatable bonds is 6. The van der Waals surface area contributed by atoms with Gasteiger partial charge in [0.25, 0.3) is 0 Å². The van der Waals surface area contributed by atoms with E-state index in [1.54, 1.807) is 6.07 Å². The number of hydrogen-bond donors (Lipinski definition) is 0. The highest BCUT2D eigenvalue weighted by atomic mass is 16.6. The Kier molecular flexibility index (Phi) is 4.69. The molecule has 1 unspecified atom stereocenters. The third-order valence-corrected chi connectivity index (χ3v) is 4.48. The monoisotopic (exact) mass is 330 g/mol. The molecule has 0 aliphatic carbocycles. The lowest BCUT2D eigenvalue weighted by molar-refractivity contribution is -0.385. The summed E-state index contributed by atoms with van der Waals surface area (Å²) in [5.41, 5.74) is 0.992. The van der Waals surface area contributed by atoms with Gasteiger partial charge in [-0.05, 0) is 32.8 Å². The molecule has 0 amide bonds. The molecule has 0 radical (unpaired) electrons. The highest BCUT2D eigenvalue weighted by Crippen LogP contribution is 2.35. The van der Waals surface area contributed by atoms with Crippen molar-refractivity contribution in [3.63, 3.8) is 0 Å². The van der Waals surface area contributed by atoms with E-state index >= 15 is 0 Å². The van der Waals surface area contributed by atoms with Gasteiger partial charge in [-0.1, -0.05) is 0 Å². The Morgan fingerprint density at radius 2 is 2.29 bits per heavy atom. The summed E-state index contributed by atoms with van der Waals surface area (Å²) in [4.78, 5) is 17.3. The summed E-state index contributed by atoms with van der Waals surface area (Å²) in [7, 11) is 0. The predicted octanol–water partition coefficient (Wildman–Crippen LogP) is 3.17. The smallest absolute Gasteiger partial charge is 0.311 e. The highest BCUT2D eigenvalue weighted by molar-refractivity contribution is 5.60. The van der Waals surface area contributed by atoms with Crippen LogP contribution in [0.1, 0.15) is 25.6 Å². The van der Waals surface area contributed by atoms with Gasteiger partial charge in [-0.3, -0.25) is 10.1 Å². The average molecular weight is 330 g/mol. The number of anilines is 1. The first-order chi connectivity index (χ1) is 11.6. The average Bonchev–Trinajstić information content (AvgIpc) is 3.17. The van der Waals surface area contributed by atoms with E-state index in [0.29, 0.717) is 18.4 Å². The molecule has 128 valence electrons. The van der Waals surface area contributed by atoms with Crippen LogP contribution in [0.15, 0.2) is 30.6 Å². The van der Waals surface area contributed by atoms with Crippen molar-refractivity contribution in [3.8, 4) is 5.75 Å². The first-order valence-corrected chi connectivity index (χ1v) is 8.25. The van der Waals surface area contributed by atoms with Gasteiger partial charge in [0.2, 0.25) is 0 Å². The minimum absolute atomic E-state index is 0.0156. The van der Waals surface area contributed by atoms with Crippen molar-refractivity contribution < 1.29 is 9.66 Å². The topological polar surface area (TPSA) is 73.4 Å². The molecule has 1 saturated heterocycles. The lowest BCUT2D eigenvalue weighted by Gasteiger charge is -2.27. The van der Waals surface area contributed by atoms with E-state index in [0.717, 1.165) is 37.4 Å². The van der Waals surface area contributed by atoms with E-state index < -0.39 is 4.92 Å². The van der Waals surface area contributed by atoms with Crippen LogP contribution in [-0.2, 0) is 6.54 Å². The molecule has 0 spiro atoms. The van der Waals surface area contributed by atoms with Gasteiger partial charge in [0.05, 0.1) is 11.5 Å². The van der Waals surface area contributed by atoms with Gasteiger partial charge in [0.1, 0.15) is 5.82 Å². The zero-order valence-electron chi connectivity index (χ0n) is 14.0. The quantitative estimate of drug-likeness (QED) is 0.601. The summed E-state index contributed by atoms with van der Waals surface area (Å²) in [6.45, 7) is 6.05. The molecule has 7 nitrogen and oxygen atoms in total. The third kappa shape index (κ3) is 3.20. The van der Waals surface area contributed by atoms with E-state index in [4.69, 9.17) is 4.74 Å². The number of aryl methyl sites for hydroxylation is 1. The Balaban J connectivity index is 1.85. The normalized spacial score (nSPS) is 17.2. The van der Waals surface area contributed by atoms with Crippen LogP contribution in [0.2, 0.25) is 0 Å². The molecule has 1 aliphatic rings. The van der Waals surface area contributed by atoms with Crippen molar-refractivity contribution in [2.75, 3.05) is 18.1 Å². The SMILES string of the molecule is CCOc1cc(N2CCCC2Cn2ccnc2C)ccc1[N+](=O)[O-]. The minimum atomic E-state index is -0.398. The standard InChI is InChI=1S/C17H22N4O3/c1-3-24-17-11-14(6-7-16(17)21(22)23)20-9-4-5-15(20)12-19-10-8-18-13(19)2/h6-8,10-11,15H,3-5,9,12H2,1-2H3. The van der Waals surface area contributed by atoms with E-state index in [2.05, 4.69) is 14.5 Å². The van der Waals surface area contributed by atoms with Gasteiger partial charge < -0.3 is 14.2 Å². The molecule has 1 aliphatic heterocycles. The van der Waals surface area contributed by atoms with Gasteiger partial charge >= 0.3 is 5.69 Å². The highest BCUT2D eigenvalue weighted by Gasteiger charge is 2.27. The molecule has 24 heavy (non-hydrogen) atoms. The maximum absolute atomic E-state index is 11.1. The maximum atomic E-state index is 11.1. The van der Waals surface area contributed by atoms with Gasteiger partial charge in [-0.15, -0.1) is 0 Å². The fraction of sp³-hybridized carbons (Fsp3) is 0.471. The number of hydrogen-bond acceptors (Lipinski definition) is 5. The largest absolute Gasteiger partial charge is 0.487 e. The number of nitro groups is 1. The summed E-state index contributed by atoms with van der Waals surface area (Å²) in [5.74, 6) is 1.34. The second kappa shape index (κ2) is 6.90. The molecular formula is C17H22N4O3. The van der Waals surface area contributed by atoms with Gasteiger partial charge in [0, 0.05) is 49.3 Å². The van der Waals surface area contributed by atoms with Gasteiger partial charge in [-0.2, -0.15) is 0 Å². The van der Waals surface area contributed by atoms with E-state index in [1.807, 2.05) is 32.3 Å². The number of nitrogens with zero attached hydrogens (tertiary/aromatic N) is 4. The fourth-order valence-corrected chi connectivity index (χ4v) is 3.29.